The van der Waals surface area contributed by atoms with Gasteiger partial charge in [-0.2, -0.15) is 0 Å². The summed E-state index contributed by atoms with van der Waals surface area (Å²) < 4.78 is 5.93. The van der Waals surface area contributed by atoms with Gasteiger partial charge in [-0.25, -0.2) is 4.99 Å². The lowest BCUT2D eigenvalue weighted by Gasteiger charge is -2.22. The molecule has 7 heteroatoms. The molecule has 1 rings (SSSR count). The molecule has 0 radical (unpaired) electrons. The molecule has 148 valence electrons. The Labute approximate surface area is 170 Å². The SMILES string of the molecule is CC(C)CNC(=NCC(=O)N(C)C)NCCCOC1CCCCC1.I. The highest BCUT2D eigenvalue weighted by Gasteiger charge is 2.13. The molecule has 1 aliphatic rings. The van der Waals surface area contributed by atoms with E-state index in [9.17, 15) is 4.79 Å². The summed E-state index contributed by atoms with van der Waals surface area (Å²) in [6, 6.07) is 0. The second-order valence-electron chi connectivity index (χ2n) is 7.14. The first-order valence-electron chi connectivity index (χ1n) is 9.33. The van der Waals surface area contributed by atoms with Crippen molar-refractivity contribution in [2.24, 2.45) is 10.9 Å². The number of carbonyl (C=O) groups excluding carboxylic acids is 1. The molecule has 0 atom stereocenters. The first kappa shape index (κ1) is 24.4. The quantitative estimate of drug-likeness (QED) is 0.236. The Balaban J connectivity index is 0.00000576. The second kappa shape index (κ2) is 14.6. The van der Waals surface area contributed by atoms with Crippen molar-refractivity contribution >= 4 is 35.8 Å². The van der Waals surface area contributed by atoms with Crippen molar-refractivity contribution in [3.8, 4) is 0 Å². The number of likely N-dealkylation sites (N-methyl/N-ethyl adjacent to an activating group) is 1. The summed E-state index contributed by atoms with van der Waals surface area (Å²) in [6.45, 7) is 6.87. The summed E-state index contributed by atoms with van der Waals surface area (Å²) in [5.41, 5.74) is 0. The fourth-order valence-corrected chi connectivity index (χ4v) is 2.52. The smallest absolute Gasteiger partial charge is 0.243 e. The Kier molecular flexibility index (Phi) is 14.3. The van der Waals surface area contributed by atoms with E-state index in [1.165, 1.54) is 32.1 Å². The van der Waals surface area contributed by atoms with Crippen LogP contribution in [0.1, 0.15) is 52.4 Å². The molecule has 0 aromatic heterocycles. The monoisotopic (exact) mass is 468 g/mol. The number of carbonyl (C=O) groups is 1. The van der Waals surface area contributed by atoms with E-state index in [0.717, 1.165) is 26.1 Å². The van der Waals surface area contributed by atoms with Gasteiger partial charge in [-0.1, -0.05) is 33.1 Å². The summed E-state index contributed by atoms with van der Waals surface area (Å²) in [7, 11) is 3.49. The van der Waals surface area contributed by atoms with E-state index in [2.05, 4.69) is 29.5 Å². The third kappa shape index (κ3) is 12.4. The molecule has 0 aromatic carbocycles. The Morgan fingerprint density at radius 3 is 2.48 bits per heavy atom. The van der Waals surface area contributed by atoms with Gasteiger partial charge in [0.25, 0.3) is 0 Å². The van der Waals surface area contributed by atoms with E-state index >= 15 is 0 Å². The van der Waals surface area contributed by atoms with Gasteiger partial charge in [0.1, 0.15) is 6.54 Å². The second-order valence-corrected chi connectivity index (χ2v) is 7.14. The van der Waals surface area contributed by atoms with Crippen LogP contribution in [0.15, 0.2) is 4.99 Å². The van der Waals surface area contributed by atoms with Crippen LogP contribution in [0.3, 0.4) is 0 Å². The maximum atomic E-state index is 11.7. The first-order valence-corrected chi connectivity index (χ1v) is 9.33. The first-order chi connectivity index (χ1) is 11.5. The van der Waals surface area contributed by atoms with Gasteiger partial charge in [0.2, 0.25) is 5.91 Å². The molecular formula is C18H37IN4O2. The minimum absolute atomic E-state index is 0. The predicted octanol–water partition coefficient (Wildman–Crippen LogP) is 2.62. The Morgan fingerprint density at radius 2 is 1.88 bits per heavy atom. The van der Waals surface area contributed by atoms with Crippen molar-refractivity contribution < 1.29 is 9.53 Å². The number of nitrogens with one attached hydrogen (secondary N) is 2. The zero-order chi connectivity index (χ0) is 17.8. The number of rotatable bonds is 9. The minimum atomic E-state index is 0. The molecule has 0 saturated heterocycles. The highest BCUT2D eigenvalue weighted by Crippen LogP contribution is 2.20. The van der Waals surface area contributed by atoms with E-state index in [-0.39, 0.29) is 36.4 Å². The number of hydrogen-bond acceptors (Lipinski definition) is 3. The van der Waals surface area contributed by atoms with Gasteiger partial charge in [0, 0.05) is 33.8 Å². The van der Waals surface area contributed by atoms with Crippen molar-refractivity contribution in [1.29, 1.82) is 0 Å². The molecule has 1 aliphatic carbocycles. The molecule has 0 spiro atoms. The van der Waals surface area contributed by atoms with Crippen LogP contribution >= 0.6 is 24.0 Å². The number of amides is 1. The number of aliphatic imine (C=N–C) groups is 1. The molecule has 1 fully saturated rings. The minimum Gasteiger partial charge on any atom is -0.378 e. The average molecular weight is 468 g/mol. The van der Waals surface area contributed by atoms with E-state index in [1.54, 1.807) is 19.0 Å². The van der Waals surface area contributed by atoms with Crippen LogP contribution < -0.4 is 10.6 Å². The fraction of sp³-hybridized carbons (Fsp3) is 0.889. The van der Waals surface area contributed by atoms with E-state index in [4.69, 9.17) is 4.74 Å². The zero-order valence-electron chi connectivity index (χ0n) is 16.3. The average Bonchev–Trinajstić information content (AvgIpc) is 2.56. The van der Waals surface area contributed by atoms with Crippen LogP contribution in [-0.4, -0.2) is 63.2 Å². The summed E-state index contributed by atoms with van der Waals surface area (Å²) >= 11 is 0. The van der Waals surface area contributed by atoms with Gasteiger partial charge < -0.3 is 20.3 Å². The number of nitrogens with zero attached hydrogens (tertiary/aromatic N) is 2. The zero-order valence-corrected chi connectivity index (χ0v) is 18.7. The van der Waals surface area contributed by atoms with Crippen LogP contribution in [0.5, 0.6) is 0 Å². The van der Waals surface area contributed by atoms with Crippen LogP contribution in [0.4, 0.5) is 0 Å². The Bertz CT molecular complexity index is 383. The number of hydrogen-bond donors (Lipinski definition) is 2. The summed E-state index contributed by atoms with van der Waals surface area (Å²) in [4.78, 5) is 17.6. The maximum absolute atomic E-state index is 11.7. The molecule has 0 aromatic rings. The Hall–Kier alpha value is -0.570. The van der Waals surface area contributed by atoms with E-state index in [1.807, 2.05) is 0 Å². The van der Waals surface area contributed by atoms with Gasteiger partial charge in [-0.15, -0.1) is 24.0 Å². The lowest BCUT2D eigenvalue weighted by molar-refractivity contribution is -0.127. The third-order valence-corrected chi connectivity index (χ3v) is 4.07. The number of ether oxygens (including phenoxy) is 1. The van der Waals surface area contributed by atoms with Gasteiger partial charge in [0.05, 0.1) is 6.10 Å². The summed E-state index contributed by atoms with van der Waals surface area (Å²) in [5.74, 6) is 1.23. The standard InChI is InChI=1S/C18H36N4O2.HI/c1-15(2)13-20-18(21-14-17(23)22(3)4)19-11-8-12-24-16-9-6-5-7-10-16;/h15-16H,5-14H2,1-4H3,(H2,19,20,21);1H. The highest BCUT2D eigenvalue weighted by molar-refractivity contribution is 14.0. The largest absolute Gasteiger partial charge is 0.378 e. The topological polar surface area (TPSA) is 66.0 Å². The maximum Gasteiger partial charge on any atom is 0.243 e. The van der Waals surface area contributed by atoms with Crippen molar-refractivity contribution in [2.45, 2.75) is 58.5 Å². The molecule has 0 unspecified atom stereocenters. The molecule has 0 heterocycles. The van der Waals surface area contributed by atoms with Gasteiger partial charge in [0.15, 0.2) is 5.96 Å². The fourth-order valence-electron chi connectivity index (χ4n) is 2.52. The number of halogens is 1. The lowest BCUT2D eigenvalue weighted by Crippen LogP contribution is -2.40. The number of guanidine groups is 1. The molecule has 6 nitrogen and oxygen atoms in total. The van der Waals surface area contributed by atoms with E-state index < -0.39 is 0 Å². The van der Waals surface area contributed by atoms with Gasteiger partial charge in [-0.3, -0.25) is 4.79 Å². The van der Waals surface area contributed by atoms with E-state index in [0.29, 0.717) is 18.0 Å². The molecule has 0 bridgehead atoms. The third-order valence-electron chi connectivity index (χ3n) is 4.07. The summed E-state index contributed by atoms with van der Waals surface area (Å²) in [5, 5.41) is 6.58. The predicted molar refractivity (Wildman–Crippen MR) is 115 cm³/mol. The van der Waals surface area contributed by atoms with Crippen molar-refractivity contribution in [3.63, 3.8) is 0 Å². The van der Waals surface area contributed by atoms with Crippen LogP contribution in [-0.2, 0) is 9.53 Å². The molecule has 1 saturated carbocycles. The van der Waals surface area contributed by atoms with Crippen molar-refractivity contribution in [3.05, 3.63) is 0 Å². The van der Waals surface area contributed by atoms with Crippen molar-refractivity contribution in [1.82, 2.24) is 15.5 Å². The van der Waals surface area contributed by atoms with Gasteiger partial charge in [-0.05, 0) is 25.2 Å². The highest BCUT2D eigenvalue weighted by atomic mass is 127. The molecular weight excluding hydrogens is 431 g/mol. The normalized spacial score (nSPS) is 15.6. The van der Waals surface area contributed by atoms with Crippen LogP contribution in [0, 0.1) is 5.92 Å². The summed E-state index contributed by atoms with van der Waals surface area (Å²) in [6.07, 6.45) is 7.79. The Morgan fingerprint density at radius 1 is 1.20 bits per heavy atom. The van der Waals surface area contributed by atoms with Crippen LogP contribution in [0.25, 0.3) is 0 Å². The molecule has 1 amide bonds. The lowest BCUT2D eigenvalue weighted by atomic mass is 9.98. The van der Waals surface area contributed by atoms with Gasteiger partial charge >= 0.3 is 0 Å². The van der Waals surface area contributed by atoms with Crippen molar-refractivity contribution in [2.75, 3.05) is 40.3 Å². The van der Waals surface area contributed by atoms with Crippen LogP contribution in [0.2, 0.25) is 0 Å². The molecule has 25 heavy (non-hydrogen) atoms. The molecule has 2 N–H and O–H groups in total. The molecule has 0 aliphatic heterocycles.